The summed E-state index contributed by atoms with van der Waals surface area (Å²) >= 11 is 0. The summed E-state index contributed by atoms with van der Waals surface area (Å²) in [4.78, 5) is 34.8. The standard InChI is InChI=1S/C29H39N3O5/c1-3-5-15-32(16-6-4-2)27(33)19-31-18-24(22-10-11-25-26(17-22)37-21-36-25)29(20-31,28(34)35)13-12-23-9-7-8-14-30-23/h7-11,14,17,24H,3-6,12-13,15-16,18-21H2,1-2H3,(H,34,35). The van der Waals surface area contributed by atoms with Crippen LogP contribution in [0.5, 0.6) is 11.5 Å². The Labute approximate surface area is 219 Å². The predicted octanol–water partition coefficient (Wildman–Crippen LogP) is 4.34. The number of nitrogens with zero attached hydrogens (tertiary/aromatic N) is 3. The van der Waals surface area contributed by atoms with E-state index in [4.69, 9.17) is 9.47 Å². The molecular formula is C29H39N3O5. The van der Waals surface area contributed by atoms with Gasteiger partial charge in [0.1, 0.15) is 0 Å². The third kappa shape index (κ3) is 6.24. The van der Waals surface area contributed by atoms with Gasteiger partial charge in [-0.3, -0.25) is 19.5 Å². The first-order valence-electron chi connectivity index (χ1n) is 13.5. The quantitative estimate of drug-likeness (QED) is 0.429. The minimum atomic E-state index is -1.05. The van der Waals surface area contributed by atoms with Crippen molar-refractivity contribution in [2.75, 3.05) is 39.5 Å². The molecule has 2 aromatic rings. The number of aliphatic carboxylic acids is 1. The molecule has 0 radical (unpaired) electrons. The van der Waals surface area contributed by atoms with Crippen LogP contribution in [-0.2, 0) is 16.0 Å². The fourth-order valence-corrected chi connectivity index (χ4v) is 5.51. The van der Waals surface area contributed by atoms with E-state index in [0.29, 0.717) is 37.4 Å². The minimum absolute atomic E-state index is 0.0808. The zero-order chi connectivity index (χ0) is 26.3. The highest BCUT2D eigenvalue weighted by Gasteiger charge is 2.53. The molecule has 3 heterocycles. The van der Waals surface area contributed by atoms with Crippen LogP contribution in [0.1, 0.15) is 63.1 Å². The summed E-state index contributed by atoms with van der Waals surface area (Å²) in [6, 6.07) is 11.4. The van der Waals surface area contributed by atoms with Crippen molar-refractivity contribution >= 4 is 11.9 Å². The SMILES string of the molecule is CCCCN(CCCC)C(=O)CN1CC(c2ccc3c(c2)OCO3)C(CCc2ccccn2)(C(=O)O)C1. The average Bonchev–Trinajstić information content (AvgIpc) is 3.53. The maximum atomic E-state index is 13.4. The van der Waals surface area contributed by atoms with E-state index in [2.05, 4.69) is 18.8 Å². The van der Waals surface area contributed by atoms with Crippen LogP contribution in [0.25, 0.3) is 0 Å². The van der Waals surface area contributed by atoms with Gasteiger partial charge in [0.2, 0.25) is 12.7 Å². The number of aryl methyl sites for hydroxylation is 1. The molecule has 0 saturated carbocycles. The van der Waals surface area contributed by atoms with Crippen molar-refractivity contribution in [2.45, 2.75) is 58.3 Å². The molecule has 2 unspecified atom stereocenters. The van der Waals surface area contributed by atoms with Gasteiger partial charge in [-0.1, -0.05) is 38.8 Å². The van der Waals surface area contributed by atoms with Gasteiger partial charge in [0, 0.05) is 44.0 Å². The Hall–Kier alpha value is -3.13. The normalized spacial score (nSPS) is 20.8. The highest BCUT2D eigenvalue weighted by Crippen LogP contribution is 2.48. The Bertz CT molecular complexity index is 1050. The van der Waals surface area contributed by atoms with Gasteiger partial charge in [-0.05, 0) is 55.5 Å². The Morgan fingerprint density at radius 3 is 2.54 bits per heavy atom. The number of amides is 1. The number of carbonyl (C=O) groups excluding carboxylic acids is 1. The molecule has 8 nitrogen and oxygen atoms in total. The van der Waals surface area contributed by atoms with Crippen molar-refractivity contribution in [1.82, 2.24) is 14.8 Å². The second-order valence-electron chi connectivity index (χ2n) is 10.2. The smallest absolute Gasteiger partial charge is 0.311 e. The van der Waals surface area contributed by atoms with Gasteiger partial charge in [0.25, 0.3) is 0 Å². The van der Waals surface area contributed by atoms with E-state index in [-0.39, 0.29) is 25.2 Å². The number of carboxylic acid groups (broad SMARTS) is 1. The van der Waals surface area contributed by atoms with Crippen molar-refractivity contribution < 1.29 is 24.2 Å². The number of ether oxygens (including phenoxy) is 2. The van der Waals surface area contributed by atoms with Crippen molar-refractivity contribution in [1.29, 1.82) is 0 Å². The molecule has 0 aliphatic carbocycles. The molecule has 1 fully saturated rings. The molecule has 1 N–H and O–H groups in total. The van der Waals surface area contributed by atoms with Crippen LogP contribution in [0.4, 0.5) is 0 Å². The summed E-state index contributed by atoms with van der Waals surface area (Å²) < 4.78 is 11.1. The molecule has 37 heavy (non-hydrogen) atoms. The van der Waals surface area contributed by atoms with Gasteiger partial charge in [0.05, 0.1) is 12.0 Å². The number of hydrogen-bond donors (Lipinski definition) is 1. The number of likely N-dealkylation sites (tertiary alicyclic amines) is 1. The average molecular weight is 510 g/mol. The van der Waals surface area contributed by atoms with Crippen molar-refractivity contribution in [3.8, 4) is 11.5 Å². The van der Waals surface area contributed by atoms with Crippen LogP contribution in [0, 0.1) is 5.41 Å². The number of carbonyl (C=O) groups is 2. The Morgan fingerprint density at radius 1 is 1.11 bits per heavy atom. The van der Waals surface area contributed by atoms with Gasteiger partial charge >= 0.3 is 5.97 Å². The summed E-state index contributed by atoms with van der Waals surface area (Å²) in [6.07, 6.45) is 6.71. The first-order chi connectivity index (χ1) is 18.0. The second kappa shape index (κ2) is 12.4. The van der Waals surface area contributed by atoms with E-state index in [1.54, 1.807) is 6.20 Å². The lowest BCUT2D eigenvalue weighted by Gasteiger charge is -2.31. The number of benzene rings is 1. The number of fused-ring (bicyclic) bond motifs is 1. The lowest BCUT2D eigenvalue weighted by atomic mass is 9.71. The number of rotatable bonds is 13. The van der Waals surface area contributed by atoms with Crippen LogP contribution in [0.15, 0.2) is 42.6 Å². The van der Waals surface area contributed by atoms with Crippen LogP contribution < -0.4 is 9.47 Å². The molecule has 1 aromatic heterocycles. The third-order valence-corrected chi connectivity index (χ3v) is 7.67. The van der Waals surface area contributed by atoms with Gasteiger partial charge in [-0.25, -0.2) is 0 Å². The number of unbranched alkanes of at least 4 members (excludes halogenated alkanes) is 2. The monoisotopic (exact) mass is 509 g/mol. The maximum absolute atomic E-state index is 13.4. The Kier molecular flexibility index (Phi) is 9.03. The predicted molar refractivity (Wildman–Crippen MR) is 141 cm³/mol. The minimum Gasteiger partial charge on any atom is -0.481 e. The van der Waals surface area contributed by atoms with Crippen LogP contribution >= 0.6 is 0 Å². The molecular weight excluding hydrogens is 470 g/mol. The molecule has 4 rings (SSSR count). The topological polar surface area (TPSA) is 92.2 Å². The van der Waals surface area contributed by atoms with Gasteiger partial charge < -0.3 is 19.5 Å². The summed E-state index contributed by atoms with van der Waals surface area (Å²) in [6.45, 7) is 6.96. The zero-order valence-electron chi connectivity index (χ0n) is 22.0. The molecule has 2 aliphatic rings. The van der Waals surface area contributed by atoms with Crippen LogP contribution in [-0.4, -0.2) is 71.3 Å². The number of carboxylic acids is 1. The fraction of sp³-hybridized carbons (Fsp3) is 0.552. The second-order valence-corrected chi connectivity index (χ2v) is 10.2. The molecule has 1 amide bonds. The van der Waals surface area contributed by atoms with E-state index < -0.39 is 11.4 Å². The summed E-state index contributed by atoms with van der Waals surface area (Å²) in [7, 11) is 0. The van der Waals surface area contributed by atoms with Gasteiger partial charge in [-0.2, -0.15) is 0 Å². The van der Waals surface area contributed by atoms with E-state index >= 15 is 0 Å². The van der Waals surface area contributed by atoms with Gasteiger partial charge in [0.15, 0.2) is 11.5 Å². The first-order valence-corrected chi connectivity index (χ1v) is 13.5. The van der Waals surface area contributed by atoms with E-state index in [1.165, 1.54) is 0 Å². The lowest BCUT2D eigenvalue weighted by Crippen LogP contribution is -2.42. The molecule has 0 bridgehead atoms. The Balaban J connectivity index is 1.59. The highest BCUT2D eigenvalue weighted by molar-refractivity contribution is 5.80. The van der Waals surface area contributed by atoms with Crippen LogP contribution in [0.2, 0.25) is 0 Å². The molecule has 8 heteroatoms. The maximum Gasteiger partial charge on any atom is 0.311 e. The third-order valence-electron chi connectivity index (χ3n) is 7.67. The van der Waals surface area contributed by atoms with Crippen LogP contribution in [0.3, 0.4) is 0 Å². The number of pyridine rings is 1. The molecule has 1 saturated heterocycles. The van der Waals surface area contributed by atoms with E-state index in [0.717, 1.165) is 50.0 Å². The largest absolute Gasteiger partial charge is 0.481 e. The van der Waals surface area contributed by atoms with Gasteiger partial charge in [-0.15, -0.1) is 0 Å². The summed E-state index contributed by atoms with van der Waals surface area (Å²) in [5, 5.41) is 10.7. The van der Waals surface area contributed by atoms with Crippen molar-refractivity contribution in [2.24, 2.45) is 5.41 Å². The summed E-state index contributed by atoms with van der Waals surface area (Å²) in [5.74, 6) is 0.259. The Morgan fingerprint density at radius 2 is 1.86 bits per heavy atom. The zero-order valence-corrected chi connectivity index (χ0v) is 22.0. The van der Waals surface area contributed by atoms with Crippen molar-refractivity contribution in [3.63, 3.8) is 0 Å². The number of aromatic nitrogens is 1. The molecule has 2 aliphatic heterocycles. The molecule has 200 valence electrons. The fourth-order valence-electron chi connectivity index (χ4n) is 5.51. The highest BCUT2D eigenvalue weighted by atomic mass is 16.7. The first kappa shape index (κ1) is 26.9. The van der Waals surface area contributed by atoms with Crippen molar-refractivity contribution in [3.05, 3.63) is 53.9 Å². The lowest BCUT2D eigenvalue weighted by molar-refractivity contribution is -0.150. The molecule has 0 spiro atoms. The summed E-state index contributed by atoms with van der Waals surface area (Å²) in [5.41, 5.74) is 0.715. The van der Waals surface area contributed by atoms with E-state index in [9.17, 15) is 14.7 Å². The van der Waals surface area contributed by atoms with E-state index in [1.807, 2.05) is 46.2 Å². The number of hydrogen-bond acceptors (Lipinski definition) is 6. The molecule has 2 atom stereocenters. The molecule has 1 aromatic carbocycles.